The van der Waals surface area contributed by atoms with Crippen molar-refractivity contribution in [2.75, 3.05) is 36.2 Å². The molecule has 71 heavy (non-hydrogen) atoms. The minimum atomic E-state index is -5.28. The van der Waals surface area contributed by atoms with Crippen LogP contribution in [0.3, 0.4) is 0 Å². The molecule has 5 amide bonds. The van der Waals surface area contributed by atoms with Crippen LogP contribution in [0.5, 0.6) is 5.75 Å². The predicted octanol–water partition coefficient (Wildman–Crippen LogP) is 7.09. The molecule has 22 heteroatoms. The van der Waals surface area contributed by atoms with Crippen LogP contribution in [-0.2, 0) is 36.6 Å². The van der Waals surface area contributed by atoms with Gasteiger partial charge in [0.2, 0.25) is 23.6 Å². The van der Waals surface area contributed by atoms with Gasteiger partial charge in [-0.3, -0.25) is 33.9 Å². The zero-order valence-corrected chi connectivity index (χ0v) is 40.0. The first-order valence-electron chi connectivity index (χ1n) is 22.3. The number of amides is 5. The number of benzene rings is 3. The molecule has 6 rings (SSSR count). The Morgan fingerprint density at radius 2 is 1.68 bits per heavy atom. The lowest BCUT2D eigenvalue weighted by molar-refractivity contribution is -0.144. The predicted molar refractivity (Wildman–Crippen MR) is 251 cm³/mol. The van der Waals surface area contributed by atoms with Crippen LogP contribution >= 0.6 is 12.2 Å². The summed E-state index contributed by atoms with van der Waals surface area (Å²) in [4.78, 5) is 72.2. The van der Waals surface area contributed by atoms with Crippen LogP contribution in [0.25, 0.3) is 11.3 Å². The second kappa shape index (κ2) is 21.5. The smallest absolute Gasteiger partial charge is 0.420 e. The average molecular weight is 1010 g/mol. The second-order valence-corrected chi connectivity index (χ2v) is 18.7. The van der Waals surface area contributed by atoms with Gasteiger partial charge in [-0.05, 0) is 105 Å². The third kappa shape index (κ3) is 11.7. The number of likely N-dealkylation sites (tertiary alicyclic amines) is 1. The zero-order valence-electron chi connectivity index (χ0n) is 39.2. The molecule has 0 bridgehead atoms. The molecule has 0 saturated carbocycles. The summed E-state index contributed by atoms with van der Waals surface area (Å²) >= 11 is 5.42. The van der Waals surface area contributed by atoms with Gasteiger partial charge >= 0.3 is 6.18 Å². The molecule has 2 unspecified atom stereocenters. The van der Waals surface area contributed by atoms with Gasteiger partial charge in [0.15, 0.2) is 28.3 Å². The molecule has 2 fully saturated rings. The molecule has 4 N–H and O–H groups in total. The number of alkyl halides is 3. The number of hydrogen-bond donors (Lipinski definition) is 3. The van der Waals surface area contributed by atoms with Crippen LogP contribution in [0.4, 0.5) is 37.7 Å². The largest absolute Gasteiger partial charge is 0.491 e. The number of aromatic nitrogens is 1. The number of pyridine rings is 1. The number of unbranched alkanes of at least 4 members (excludes halogenated alkanes) is 1. The Bertz CT molecular complexity index is 2780. The van der Waals surface area contributed by atoms with Crippen LogP contribution in [0, 0.1) is 34.2 Å². The Morgan fingerprint density at radius 3 is 2.30 bits per heavy atom. The van der Waals surface area contributed by atoms with E-state index in [4.69, 9.17) is 32.7 Å². The number of halogens is 6. The number of nitrogens with zero attached hydrogens (tertiary/aromatic N) is 5. The maximum Gasteiger partial charge on any atom is 0.420 e. The highest BCUT2D eigenvalue weighted by Gasteiger charge is 2.52. The van der Waals surface area contributed by atoms with Crippen molar-refractivity contribution in [2.45, 2.75) is 90.6 Å². The first-order valence-corrected chi connectivity index (χ1v) is 22.7. The van der Waals surface area contributed by atoms with E-state index in [2.05, 4.69) is 15.6 Å². The van der Waals surface area contributed by atoms with E-state index in [0.29, 0.717) is 48.8 Å². The van der Waals surface area contributed by atoms with E-state index in [1.54, 1.807) is 45.0 Å². The highest BCUT2D eigenvalue weighted by atomic mass is 32.1. The zero-order chi connectivity index (χ0) is 52.2. The number of thiocarbonyl (C=S) groups is 1. The molecule has 0 spiro atoms. The van der Waals surface area contributed by atoms with Crippen LogP contribution in [0.15, 0.2) is 66.9 Å². The van der Waals surface area contributed by atoms with E-state index in [0.717, 1.165) is 34.9 Å². The van der Waals surface area contributed by atoms with Gasteiger partial charge in [0, 0.05) is 36.9 Å². The minimum Gasteiger partial charge on any atom is -0.491 e. The summed E-state index contributed by atoms with van der Waals surface area (Å²) in [6.45, 7) is 8.39. The van der Waals surface area contributed by atoms with Gasteiger partial charge in [-0.15, -0.1) is 0 Å². The van der Waals surface area contributed by atoms with E-state index in [1.165, 1.54) is 36.9 Å². The Morgan fingerprint density at radius 1 is 0.986 bits per heavy atom. The first-order chi connectivity index (χ1) is 33.4. The molecule has 0 radical (unpaired) electrons. The molecule has 2 saturated heterocycles. The van der Waals surface area contributed by atoms with E-state index >= 15 is 13.2 Å². The Kier molecular flexibility index (Phi) is 16.1. The van der Waals surface area contributed by atoms with Gasteiger partial charge in [-0.25, -0.2) is 13.2 Å². The SMILES string of the molecule is CC(C)(C)C(NC(=O)COCCCCOc1ccc(-c2ncc(N3C(=S)N(c4ccc(C#N)c(C(F)(F)F)c4F)C(=O)C3(C)C)cc2F)cc1F)C(=O)N1CCCC1C(=O)NCc1ccc(C(N)=O)cc1. The van der Waals surface area contributed by atoms with Crippen LogP contribution in [-0.4, -0.2) is 88.5 Å². The second-order valence-electron chi connectivity index (χ2n) is 18.4. The van der Waals surface area contributed by atoms with Crippen molar-refractivity contribution < 1.29 is 59.8 Å². The van der Waals surface area contributed by atoms with Crippen molar-refractivity contribution in [3.63, 3.8) is 0 Å². The van der Waals surface area contributed by atoms with Crippen LogP contribution in [0.1, 0.15) is 87.4 Å². The molecule has 3 heterocycles. The molecule has 0 aliphatic carbocycles. The van der Waals surface area contributed by atoms with Crippen LogP contribution < -0.4 is 30.9 Å². The Labute approximate surface area is 410 Å². The third-order valence-corrected chi connectivity index (χ3v) is 12.2. The molecule has 3 aromatic carbocycles. The highest BCUT2D eigenvalue weighted by Crippen LogP contribution is 2.42. The first kappa shape index (κ1) is 53.2. The van der Waals surface area contributed by atoms with Crippen molar-refractivity contribution in [1.29, 1.82) is 5.26 Å². The van der Waals surface area contributed by atoms with E-state index in [9.17, 15) is 37.1 Å². The quantitative estimate of drug-likeness (QED) is 0.0555. The number of nitriles is 1. The van der Waals surface area contributed by atoms with Gasteiger partial charge in [0.25, 0.3) is 5.91 Å². The van der Waals surface area contributed by atoms with Crippen molar-refractivity contribution in [3.8, 4) is 23.1 Å². The number of anilines is 2. The van der Waals surface area contributed by atoms with E-state index in [1.807, 2.05) is 0 Å². The number of rotatable bonds is 17. The van der Waals surface area contributed by atoms with Crippen LogP contribution in [0.2, 0.25) is 0 Å². The lowest BCUT2D eigenvalue weighted by atomic mass is 9.85. The van der Waals surface area contributed by atoms with Gasteiger partial charge in [0.1, 0.15) is 35.5 Å². The number of primary amides is 1. The molecule has 4 aromatic rings. The summed E-state index contributed by atoms with van der Waals surface area (Å²) in [6.07, 6.45) is -2.32. The fourth-order valence-electron chi connectivity index (χ4n) is 8.14. The molecule has 376 valence electrons. The number of nitrogens with one attached hydrogen (secondary N) is 2. The van der Waals surface area contributed by atoms with Crippen molar-refractivity contribution in [3.05, 3.63) is 107 Å². The Hall–Kier alpha value is -7.12. The normalized spacial score (nSPS) is 16.2. The van der Waals surface area contributed by atoms with Gasteiger partial charge in [-0.1, -0.05) is 32.9 Å². The van der Waals surface area contributed by atoms with E-state index < -0.39 is 92.2 Å². The monoisotopic (exact) mass is 1010 g/mol. The van der Waals surface area contributed by atoms with Gasteiger partial charge in [0.05, 0.1) is 35.8 Å². The van der Waals surface area contributed by atoms with Gasteiger partial charge in [-0.2, -0.15) is 18.4 Å². The molecular weight excluding hydrogens is 959 g/mol. The lowest BCUT2D eigenvalue weighted by Crippen LogP contribution is -2.58. The molecule has 2 aliphatic heterocycles. The average Bonchev–Trinajstić information content (AvgIpc) is 3.86. The molecule has 15 nitrogen and oxygen atoms in total. The molecule has 2 aliphatic rings. The third-order valence-electron chi connectivity index (χ3n) is 11.9. The van der Waals surface area contributed by atoms with E-state index in [-0.39, 0.29) is 55.0 Å². The summed E-state index contributed by atoms with van der Waals surface area (Å²) in [5, 5.41) is 14.3. The standard InChI is InChI=1S/C49H50F6N8O7S/c1-47(2,3)41(44(67)61-18-8-9-35(61)43(66)59-24-27-10-12-28(13-11-27)42(57)65)60-37(64)26-69-19-6-7-20-70-36-17-15-29(21-32(36)50)40-33(51)22-31(25-58-40)63-46(71)62(45(68)48(63,4)5)34-16-14-30(23-56)38(39(34)52)49(53,54)55/h10-17,21-22,25,35,41H,6-9,18-20,24,26H2,1-5H3,(H2,57,65)(H,59,66)(H,60,64). The maximum absolute atomic E-state index is 15.7. The Balaban J connectivity index is 0.975. The minimum absolute atomic E-state index is 0.00854. The summed E-state index contributed by atoms with van der Waals surface area (Å²) < 4.78 is 98.8. The lowest BCUT2D eigenvalue weighted by Gasteiger charge is -2.35. The van der Waals surface area contributed by atoms with Crippen molar-refractivity contribution in [1.82, 2.24) is 20.5 Å². The number of ether oxygens (including phenoxy) is 2. The summed E-state index contributed by atoms with van der Waals surface area (Å²) in [6, 6.07) is 12.2. The fraction of sp³-hybridized carbons (Fsp3) is 0.388. The summed E-state index contributed by atoms with van der Waals surface area (Å²) in [5.74, 6) is -6.66. The number of carbonyl (C=O) groups excluding carboxylic acids is 5. The molecule has 1 aromatic heterocycles. The highest BCUT2D eigenvalue weighted by molar-refractivity contribution is 7.81. The van der Waals surface area contributed by atoms with Crippen molar-refractivity contribution in [2.24, 2.45) is 11.1 Å². The number of carbonyl (C=O) groups is 5. The van der Waals surface area contributed by atoms with Gasteiger partial charge < -0.3 is 35.6 Å². The summed E-state index contributed by atoms with van der Waals surface area (Å²) in [5.41, 5.74) is -0.165. The van der Waals surface area contributed by atoms with Crippen molar-refractivity contribution >= 4 is 58.2 Å². The fourth-order valence-corrected chi connectivity index (χ4v) is 8.66. The molecule has 2 atom stereocenters. The topological polar surface area (TPSA) is 200 Å². The number of hydrogen-bond acceptors (Lipinski definition) is 10. The molecular formula is C49H50F6N8O7S. The summed E-state index contributed by atoms with van der Waals surface area (Å²) in [7, 11) is 0. The number of nitrogens with two attached hydrogens (primary N) is 1. The maximum atomic E-state index is 15.7.